The fraction of sp³-hybridized carbons (Fsp3) is 0.455. The van der Waals surface area contributed by atoms with Crippen LogP contribution in [0.5, 0.6) is 0 Å². The molecule has 1 rings (SSSR count). The number of nitrogens with zero attached hydrogens (tertiary/aromatic N) is 2. The minimum atomic E-state index is -0.592. The Bertz CT molecular complexity index is 398. The molecular formula is C11H15FN2O3. The lowest BCUT2D eigenvalue weighted by atomic mass is 10.1. The SMILES string of the molecule is CCN(CCO)Cc1c(F)cccc1[N+](=O)[O-]. The summed E-state index contributed by atoms with van der Waals surface area (Å²) in [5, 5.41) is 19.6. The van der Waals surface area contributed by atoms with Crippen LogP contribution >= 0.6 is 0 Å². The molecule has 1 N–H and O–H groups in total. The second kappa shape index (κ2) is 6.27. The fourth-order valence-corrected chi connectivity index (χ4v) is 1.59. The highest BCUT2D eigenvalue weighted by Gasteiger charge is 2.19. The Morgan fingerprint density at radius 3 is 2.76 bits per heavy atom. The maximum Gasteiger partial charge on any atom is 0.276 e. The Balaban J connectivity index is 2.99. The highest BCUT2D eigenvalue weighted by atomic mass is 19.1. The van der Waals surface area contributed by atoms with Gasteiger partial charge in [0.2, 0.25) is 0 Å². The van der Waals surface area contributed by atoms with E-state index in [0.717, 1.165) is 0 Å². The van der Waals surface area contributed by atoms with E-state index in [4.69, 9.17) is 5.11 Å². The van der Waals surface area contributed by atoms with Gasteiger partial charge in [-0.25, -0.2) is 4.39 Å². The van der Waals surface area contributed by atoms with Crippen LogP contribution in [0.2, 0.25) is 0 Å². The molecule has 1 aromatic rings. The van der Waals surface area contributed by atoms with E-state index in [1.807, 2.05) is 6.92 Å². The summed E-state index contributed by atoms with van der Waals surface area (Å²) in [6, 6.07) is 3.81. The van der Waals surface area contributed by atoms with Gasteiger partial charge in [-0.1, -0.05) is 13.0 Å². The van der Waals surface area contributed by atoms with Gasteiger partial charge in [-0.3, -0.25) is 15.0 Å². The van der Waals surface area contributed by atoms with E-state index in [2.05, 4.69) is 0 Å². The molecule has 0 amide bonds. The first-order chi connectivity index (χ1) is 8.10. The van der Waals surface area contributed by atoms with E-state index < -0.39 is 10.7 Å². The number of hydrogen-bond donors (Lipinski definition) is 1. The summed E-state index contributed by atoms with van der Waals surface area (Å²) in [6.07, 6.45) is 0. The fourth-order valence-electron chi connectivity index (χ4n) is 1.59. The third-order valence-electron chi connectivity index (χ3n) is 2.54. The second-order valence-corrected chi connectivity index (χ2v) is 3.59. The van der Waals surface area contributed by atoms with Crippen molar-refractivity contribution in [2.75, 3.05) is 19.7 Å². The molecule has 0 aliphatic carbocycles. The van der Waals surface area contributed by atoms with Gasteiger partial charge in [-0.05, 0) is 12.6 Å². The summed E-state index contributed by atoms with van der Waals surface area (Å²) >= 11 is 0. The van der Waals surface area contributed by atoms with Crippen molar-refractivity contribution in [3.63, 3.8) is 0 Å². The maximum absolute atomic E-state index is 13.6. The van der Waals surface area contributed by atoms with Crippen molar-refractivity contribution < 1.29 is 14.4 Å². The molecule has 0 atom stereocenters. The number of nitro benzene ring substituents is 1. The zero-order chi connectivity index (χ0) is 12.8. The van der Waals surface area contributed by atoms with Crippen molar-refractivity contribution in [2.24, 2.45) is 0 Å². The quantitative estimate of drug-likeness (QED) is 0.607. The van der Waals surface area contributed by atoms with Crippen LogP contribution in [-0.2, 0) is 6.54 Å². The molecule has 0 saturated heterocycles. The summed E-state index contributed by atoms with van der Waals surface area (Å²) in [4.78, 5) is 11.9. The van der Waals surface area contributed by atoms with Crippen LogP contribution in [0.4, 0.5) is 10.1 Å². The topological polar surface area (TPSA) is 66.6 Å². The number of aliphatic hydroxyl groups is 1. The van der Waals surface area contributed by atoms with E-state index in [1.165, 1.54) is 18.2 Å². The Kier molecular flexibility index (Phi) is 4.99. The van der Waals surface area contributed by atoms with Gasteiger partial charge < -0.3 is 5.11 Å². The van der Waals surface area contributed by atoms with Gasteiger partial charge >= 0.3 is 0 Å². The Hall–Kier alpha value is -1.53. The van der Waals surface area contributed by atoms with E-state index in [-0.39, 0.29) is 24.4 Å². The summed E-state index contributed by atoms with van der Waals surface area (Å²) in [5.74, 6) is -0.587. The molecule has 94 valence electrons. The minimum Gasteiger partial charge on any atom is -0.395 e. The predicted molar refractivity (Wildman–Crippen MR) is 61.1 cm³/mol. The van der Waals surface area contributed by atoms with Crippen molar-refractivity contribution in [3.05, 3.63) is 39.7 Å². The number of likely N-dealkylation sites (N-methyl/N-ethyl adjacent to an activating group) is 1. The van der Waals surface area contributed by atoms with Crippen LogP contribution in [0.15, 0.2) is 18.2 Å². The smallest absolute Gasteiger partial charge is 0.276 e. The van der Waals surface area contributed by atoms with Gasteiger partial charge in [0.1, 0.15) is 5.82 Å². The Morgan fingerprint density at radius 1 is 1.53 bits per heavy atom. The van der Waals surface area contributed by atoms with E-state index in [1.54, 1.807) is 4.90 Å². The molecule has 17 heavy (non-hydrogen) atoms. The molecular weight excluding hydrogens is 227 g/mol. The molecule has 0 aliphatic rings. The molecule has 0 spiro atoms. The minimum absolute atomic E-state index is 0.0594. The second-order valence-electron chi connectivity index (χ2n) is 3.59. The van der Waals surface area contributed by atoms with Crippen LogP contribution in [0.25, 0.3) is 0 Å². The van der Waals surface area contributed by atoms with Crippen molar-refractivity contribution in [2.45, 2.75) is 13.5 Å². The van der Waals surface area contributed by atoms with Gasteiger partial charge in [-0.15, -0.1) is 0 Å². The molecule has 1 aromatic carbocycles. The molecule has 5 nitrogen and oxygen atoms in total. The molecule has 6 heteroatoms. The summed E-state index contributed by atoms with van der Waals surface area (Å²) in [5.41, 5.74) is -0.158. The van der Waals surface area contributed by atoms with Crippen LogP contribution in [0, 0.1) is 15.9 Å². The summed E-state index contributed by atoms with van der Waals surface area (Å²) < 4.78 is 13.6. The average molecular weight is 242 g/mol. The van der Waals surface area contributed by atoms with Gasteiger partial charge in [0, 0.05) is 19.2 Å². The van der Waals surface area contributed by atoms with Crippen LogP contribution < -0.4 is 0 Å². The van der Waals surface area contributed by atoms with Crippen molar-refractivity contribution in [1.82, 2.24) is 4.90 Å². The first-order valence-electron chi connectivity index (χ1n) is 5.35. The van der Waals surface area contributed by atoms with Gasteiger partial charge in [0.05, 0.1) is 17.1 Å². The zero-order valence-electron chi connectivity index (χ0n) is 9.60. The Labute approximate surface area is 98.6 Å². The highest BCUT2D eigenvalue weighted by Crippen LogP contribution is 2.22. The molecule has 0 aliphatic heterocycles. The normalized spacial score (nSPS) is 10.8. The van der Waals surface area contributed by atoms with Crippen molar-refractivity contribution >= 4 is 5.69 Å². The summed E-state index contributed by atoms with van der Waals surface area (Å²) in [7, 11) is 0. The van der Waals surface area contributed by atoms with Gasteiger partial charge in [-0.2, -0.15) is 0 Å². The number of halogens is 1. The molecule has 0 saturated carbocycles. The van der Waals surface area contributed by atoms with Gasteiger partial charge in [0.25, 0.3) is 5.69 Å². The lowest BCUT2D eigenvalue weighted by Crippen LogP contribution is -2.27. The van der Waals surface area contributed by atoms with Crippen LogP contribution in [-0.4, -0.2) is 34.6 Å². The zero-order valence-corrected chi connectivity index (χ0v) is 9.60. The van der Waals surface area contributed by atoms with E-state index in [0.29, 0.717) is 13.1 Å². The maximum atomic E-state index is 13.6. The van der Waals surface area contributed by atoms with Gasteiger partial charge in [0.15, 0.2) is 0 Å². The molecule has 0 bridgehead atoms. The monoisotopic (exact) mass is 242 g/mol. The molecule has 0 unspecified atom stereocenters. The van der Waals surface area contributed by atoms with Crippen molar-refractivity contribution in [1.29, 1.82) is 0 Å². The third kappa shape index (κ3) is 3.47. The standard InChI is InChI=1S/C11H15FN2O3/c1-2-13(6-7-15)8-9-10(12)4-3-5-11(9)14(16)17/h3-5,15H,2,6-8H2,1H3. The predicted octanol–water partition coefficient (Wildman–Crippen LogP) is 1.55. The number of aliphatic hydroxyl groups excluding tert-OH is 1. The average Bonchev–Trinajstić information content (AvgIpc) is 2.30. The first-order valence-corrected chi connectivity index (χ1v) is 5.35. The van der Waals surface area contributed by atoms with E-state index in [9.17, 15) is 14.5 Å². The van der Waals surface area contributed by atoms with Crippen LogP contribution in [0.3, 0.4) is 0 Å². The first kappa shape index (κ1) is 13.5. The number of nitro groups is 1. The summed E-state index contributed by atoms with van der Waals surface area (Å²) in [6.45, 7) is 2.87. The van der Waals surface area contributed by atoms with E-state index >= 15 is 0 Å². The lowest BCUT2D eigenvalue weighted by Gasteiger charge is -2.19. The molecule has 0 heterocycles. The largest absolute Gasteiger partial charge is 0.395 e. The molecule has 0 fully saturated rings. The Morgan fingerprint density at radius 2 is 2.24 bits per heavy atom. The lowest BCUT2D eigenvalue weighted by molar-refractivity contribution is -0.386. The number of benzene rings is 1. The molecule has 0 aromatic heterocycles. The van der Waals surface area contributed by atoms with Crippen LogP contribution in [0.1, 0.15) is 12.5 Å². The molecule has 0 radical (unpaired) electrons. The number of hydrogen-bond acceptors (Lipinski definition) is 4. The highest BCUT2D eigenvalue weighted by molar-refractivity contribution is 5.40. The van der Waals surface area contributed by atoms with Crippen molar-refractivity contribution in [3.8, 4) is 0 Å². The number of rotatable bonds is 6. The third-order valence-corrected chi connectivity index (χ3v) is 2.54.